The number of unbranched alkanes of at least 4 members (excludes halogenated alkanes) is 3. The Kier molecular flexibility index (Phi) is 11.1. The third-order valence-electron chi connectivity index (χ3n) is 1.62. The van der Waals surface area contributed by atoms with Crippen molar-refractivity contribution in [2.75, 3.05) is 19.8 Å². The second kappa shape index (κ2) is 12.0. The molecule has 0 radical (unpaired) electrons. The lowest BCUT2D eigenvalue weighted by Gasteiger charge is -1.97. The van der Waals surface area contributed by atoms with Crippen LogP contribution in [0.3, 0.4) is 0 Å². The second-order valence-electron chi connectivity index (χ2n) is 2.83. The fraction of sp³-hybridized carbons (Fsp3) is 0.727. The van der Waals surface area contributed by atoms with Crippen LogP contribution >= 0.6 is 0 Å². The van der Waals surface area contributed by atoms with Gasteiger partial charge in [0.1, 0.15) is 13.2 Å². The quantitative estimate of drug-likeness (QED) is 0.339. The average Bonchev–Trinajstić information content (AvgIpc) is 2.21. The molecule has 0 saturated carbocycles. The van der Waals surface area contributed by atoms with Gasteiger partial charge in [0.25, 0.3) is 6.47 Å². The van der Waals surface area contributed by atoms with Crippen molar-refractivity contribution in [1.29, 1.82) is 0 Å². The molecule has 80 valence electrons. The van der Waals surface area contributed by atoms with Gasteiger partial charge in [-0.2, -0.15) is 0 Å². The molecular weight excluding hydrogens is 180 g/mol. The van der Waals surface area contributed by atoms with Crippen LogP contribution in [0.4, 0.5) is 0 Å². The third-order valence-corrected chi connectivity index (χ3v) is 1.62. The van der Waals surface area contributed by atoms with Crippen LogP contribution in [0.5, 0.6) is 0 Å². The monoisotopic (exact) mass is 198 g/mol. The summed E-state index contributed by atoms with van der Waals surface area (Å²) in [5.74, 6) is 5.93. The van der Waals surface area contributed by atoms with Crippen molar-refractivity contribution < 1.29 is 14.3 Å². The van der Waals surface area contributed by atoms with Crippen LogP contribution in [0.15, 0.2) is 0 Å². The fourth-order valence-corrected chi connectivity index (χ4v) is 0.881. The summed E-state index contributed by atoms with van der Waals surface area (Å²) in [6, 6.07) is 0. The molecule has 0 amide bonds. The van der Waals surface area contributed by atoms with E-state index in [0.29, 0.717) is 26.3 Å². The zero-order valence-corrected chi connectivity index (χ0v) is 8.75. The van der Waals surface area contributed by atoms with E-state index in [-0.39, 0.29) is 0 Å². The van der Waals surface area contributed by atoms with Gasteiger partial charge in [-0.3, -0.25) is 4.79 Å². The van der Waals surface area contributed by atoms with Crippen LogP contribution in [0, 0.1) is 11.8 Å². The number of carbonyl (C=O) groups is 1. The van der Waals surface area contributed by atoms with Crippen molar-refractivity contribution in [3.8, 4) is 11.8 Å². The summed E-state index contributed by atoms with van der Waals surface area (Å²) < 4.78 is 9.52. The van der Waals surface area contributed by atoms with Crippen LogP contribution in [0.1, 0.15) is 32.6 Å². The zero-order valence-electron chi connectivity index (χ0n) is 8.75. The van der Waals surface area contributed by atoms with Gasteiger partial charge >= 0.3 is 0 Å². The lowest BCUT2D eigenvalue weighted by Crippen LogP contribution is -2.02. The summed E-state index contributed by atoms with van der Waals surface area (Å²) in [5.41, 5.74) is 0. The van der Waals surface area contributed by atoms with Crippen LogP contribution in [-0.2, 0) is 14.3 Å². The Morgan fingerprint density at radius 3 is 2.79 bits per heavy atom. The lowest BCUT2D eigenvalue weighted by atomic mass is 10.2. The lowest BCUT2D eigenvalue weighted by molar-refractivity contribution is -0.130. The summed E-state index contributed by atoms with van der Waals surface area (Å²) >= 11 is 0. The molecule has 0 saturated heterocycles. The minimum Gasteiger partial charge on any atom is -0.465 e. The van der Waals surface area contributed by atoms with E-state index in [1.807, 2.05) is 0 Å². The molecule has 0 fully saturated rings. The van der Waals surface area contributed by atoms with Crippen molar-refractivity contribution in [3.05, 3.63) is 0 Å². The van der Waals surface area contributed by atoms with Gasteiger partial charge in [0.15, 0.2) is 0 Å². The molecule has 0 aliphatic carbocycles. The SMILES string of the molecule is CCCCCC#CCOCCOC=O. The number of hydrogen-bond donors (Lipinski definition) is 0. The summed E-state index contributed by atoms with van der Waals surface area (Å²) in [5, 5.41) is 0. The van der Waals surface area contributed by atoms with E-state index in [2.05, 4.69) is 23.5 Å². The molecule has 0 unspecified atom stereocenters. The zero-order chi connectivity index (χ0) is 10.5. The second-order valence-corrected chi connectivity index (χ2v) is 2.83. The van der Waals surface area contributed by atoms with Crippen molar-refractivity contribution in [3.63, 3.8) is 0 Å². The van der Waals surface area contributed by atoms with Gasteiger partial charge in [-0.1, -0.05) is 25.7 Å². The Morgan fingerprint density at radius 1 is 1.21 bits per heavy atom. The van der Waals surface area contributed by atoms with Gasteiger partial charge in [0, 0.05) is 6.42 Å². The van der Waals surface area contributed by atoms with Crippen LogP contribution in [-0.4, -0.2) is 26.3 Å². The Hall–Kier alpha value is -1.01. The molecule has 0 bridgehead atoms. The molecule has 0 spiro atoms. The van der Waals surface area contributed by atoms with Crippen LogP contribution < -0.4 is 0 Å². The first-order valence-corrected chi connectivity index (χ1v) is 5.00. The summed E-state index contributed by atoms with van der Waals surface area (Å²) in [6.07, 6.45) is 4.57. The maximum absolute atomic E-state index is 9.73. The molecule has 0 aliphatic rings. The molecule has 0 aromatic carbocycles. The summed E-state index contributed by atoms with van der Waals surface area (Å²) in [7, 11) is 0. The minimum atomic E-state index is 0.307. The molecule has 0 aromatic heterocycles. The van der Waals surface area contributed by atoms with Gasteiger partial charge in [-0.15, -0.1) is 5.92 Å². The Morgan fingerprint density at radius 2 is 2.07 bits per heavy atom. The highest BCUT2D eigenvalue weighted by Crippen LogP contribution is 1.96. The van der Waals surface area contributed by atoms with E-state index in [4.69, 9.17) is 4.74 Å². The molecule has 0 heterocycles. The number of ether oxygens (including phenoxy) is 2. The number of rotatable bonds is 8. The first kappa shape index (κ1) is 13.0. The van der Waals surface area contributed by atoms with E-state index in [1.165, 1.54) is 12.8 Å². The number of carbonyl (C=O) groups excluding carboxylic acids is 1. The molecular formula is C11H18O3. The molecule has 3 heteroatoms. The highest BCUT2D eigenvalue weighted by molar-refractivity contribution is 5.36. The third kappa shape index (κ3) is 11.0. The molecule has 0 rings (SSSR count). The molecule has 0 N–H and O–H groups in total. The van der Waals surface area contributed by atoms with Gasteiger partial charge < -0.3 is 9.47 Å². The van der Waals surface area contributed by atoms with Crippen LogP contribution in [0.2, 0.25) is 0 Å². The van der Waals surface area contributed by atoms with Crippen molar-refractivity contribution in [2.45, 2.75) is 32.6 Å². The first-order chi connectivity index (χ1) is 6.91. The summed E-state index contributed by atoms with van der Waals surface area (Å²) in [6.45, 7) is 3.74. The van der Waals surface area contributed by atoms with Gasteiger partial charge in [-0.05, 0) is 6.42 Å². The highest BCUT2D eigenvalue weighted by Gasteiger charge is 1.84. The Labute approximate surface area is 85.8 Å². The average molecular weight is 198 g/mol. The smallest absolute Gasteiger partial charge is 0.293 e. The minimum absolute atomic E-state index is 0.307. The molecule has 0 atom stereocenters. The number of hydrogen-bond acceptors (Lipinski definition) is 3. The maximum atomic E-state index is 9.73. The molecule has 0 aliphatic heterocycles. The predicted molar refractivity (Wildman–Crippen MR) is 54.8 cm³/mol. The molecule has 0 aromatic rings. The van der Waals surface area contributed by atoms with Gasteiger partial charge in [0.2, 0.25) is 0 Å². The van der Waals surface area contributed by atoms with Crippen molar-refractivity contribution >= 4 is 6.47 Å². The fourth-order valence-electron chi connectivity index (χ4n) is 0.881. The van der Waals surface area contributed by atoms with Gasteiger partial charge in [-0.25, -0.2) is 0 Å². The van der Waals surface area contributed by atoms with E-state index in [0.717, 1.165) is 12.8 Å². The van der Waals surface area contributed by atoms with Crippen molar-refractivity contribution in [1.82, 2.24) is 0 Å². The van der Waals surface area contributed by atoms with Crippen LogP contribution in [0.25, 0.3) is 0 Å². The normalized spacial score (nSPS) is 8.93. The van der Waals surface area contributed by atoms with E-state index < -0.39 is 0 Å². The Balaban J connectivity index is 3.05. The van der Waals surface area contributed by atoms with Gasteiger partial charge in [0.05, 0.1) is 6.61 Å². The van der Waals surface area contributed by atoms with E-state index >= 15 is 0 Å². The maximum Gasteiger partial charge on any atom is 0.293 e. The van der Waals surface area contributed by atoms with E-state index in [1.54, 1.807) is 0 Å². The largest absolute Gasteiger partial charge is 0.465 e. The van der Waals surface area contributed by atoms with Crippen molar-refractivity contribution in [2.24, 2.45) is 0 Å². The van der Waals surface area contributed by atoms with E-state index in [9.17, 15) is 4.79 Å². The molecule has 3 nitrogen and oxygen atoms in total. The highest BCUT2D eigenvalue weighted by atomic mass is 16.5. The summed E-state index contributed by atoms with van der Waals surface area (Å²) in [4.78, 5) is 9.73. The first-order valence-electron chi connectivity index (χ1n) is 5.00. The predicted octanol–water partition coefficient (Wildman–Crippen LogP) is 1.76. The topological polar surface area (TPSA) is 35.5 Å². The Bertz CT molecular complexity index is 179. The molecule has 14 heavy (non-hydrogen) atoms. The standard InChI is InChI=1S/C11H18O3/c1-2-3-4-5-6-7-8-13-9-10-14-11-12/h11H,2-5,8-10H2,1H3.